The van der Waals surface area contributed by atoms with Gasteiger partial charge in [0.05, 0.1) is 12.8 Å². The van der Waals surface area contributed by atoms with Crippen LogP contribution in [0.25, 0.3) is 0 Å². The van der Waals surface area contributed by atoms with Crippen molar-refractivity contribution in [2.75, 3.05) is 26.4 Å². The molecule has 5 nitrogen and oxygen atoms in total. The Morgan fingerprint density at radius 3 is 2.86 bits per heavy atom. The molecule has 0 aromatic carbocycles. The molecule has 5 heteroatoms. The van der Waals surface area contributed by atoms with Gasteiger partial charge in [0.25, 0.3) is 0 Å². The molecule has 3 heterocycles. The third kappa shape index (κ3) is 2.85. The number of nitrogens with zero attached hydrogens (tertiary/aromatic N) is 2. The normalized spacial score (nSPS) is 33.5. The first-order valence-corrected chi connectivity index (χ1v) is 8.43. The highest BCUT2D eigenvalue weighted by molar-refractivity contribution is 5.17. The molecule has 1 aromatic heterocycles. The molecule has 3 atom stereocenters. The number of aromatic nitrogens is 1. The third-order valence-corrected chi connectivity index (χ3v) is 5.16. The van der Waals surface area contributed by atoms with Crippen molar-refractivity contribution in [1.82, 2.24) is 9.88 Å². The monoisotopic (exact) mass is 304 g/mol. The average molecular weight is 304 g/mol. The minimum atomic E-state index is 0.150. The minimum absolute atomic E-state index is 0.150. The zero-order valence-electron chi connectivity index (χ0n) is 12.9. The Labute approximate surface area is 131 Å². The van der Waals surface area contributed by atoms with E-state index in [-0.39, 0.29) is 12.2 Å². The fraction of sp³-hybridized carbons (Fsp3) is 0.706. The molecule has 1 aliphatic carbocycles. The highest BCUT2D eigenvalue weighted by Gasteiger charge is 2.46. The zero-order valence-corrected chi connectivity index (χ0v) is 12.9. The van der Waals surface area contributed by atoms with Crippen molar-refractivity contribution in [3.8, 4) is 5.75 Å². The summed E-state index contributed by atoms with van der Waals surface area (Å²) in [4.78, 5) is 6.80. The summed E-state index contributed by atoms with van der Waals surface area (Å²) in [5.41, 5.74) is 0. The predicted octanol–water partition coefficient (Wildman–Crippen LogP) is 1.87. The number of morpholine rings is 1. The van der Waals surface area contributed by atoms with Gasteiger partial charge in [-0.15, -0.1) is 0 Å². The quantitative estimate of drug-likeness (QED) is 0.853. The lowest BCUT2D eigenvalue weighted by Crippen LogP contribution is -2.56. The molecule has 3 fully saturated rings. The summed E-state index contributed by atoms with van der Waals surface area (Å²) in [6, 6.07) is 5.04. The van der Waals surface area contributed by atoms with Crippen LogP contribution in [0.4, 0.5) is 0 Å². The number of pyridine rings is 1. The van der Waals surface area contributed by atoms with Crippen LogP contribution in [0.3, 0.4) is 0 Å². The van der Waals surface area contributed by atoms with Gasteiger partial charge >= 0.3 is 0 Å². The molecule has 0 radical (unpaired) electrons. The number of hydrogen-bond donors (Lipinski definition) is 0. The van der Waals surface area contributed by atoms with Crippen LogP contribution >= 0.6 is 0 Å². The highest BCUT2D eigenvalue weighted by atomic mass is 16.5. The Kier molecular flexibility index (Phi) is 4.28. The maximum Gasteiger partial charge on any atom is 0.138 e. The zero-order chi connectivity index (χ0) is 14.8. The average Bonchev–Trinajstić information content (AvgIpc) is 3.00. The summed E-state index contributed by atoms with van der Waals surface area (Å²) >= 11 is 0. The molecule has 2 saturated heterocycles. The fourth-order valence-corrected chi connectivity index (χ4v) is 4.13. The second kappa shape index (κ2) is 6.52. The fourth-order valence-electron chi connectivity index (χ4n) is 4.13. The summed E-state index contributed by atoms with van der Waals surface area (Å²) in [5.74, 6) is 0.847. The number of hydrogen-bond acceptors (Lipinski definition) is 5. The number of ether oxygens (including phenoxy) is 3. The molecule has 22 heavy (non-hydrogen) atoms. The van der Waals surface area contributed by atoms with E-state index < -0.39 is 0 Å². The summed E-state index contributed by atoms with van der Waals surface area (Å²) in [6.07, 6.45) is 8.42. The van der Waals surface area contributed by atoms with Crippen molar-refractivity contribution < 1.29 is 14.2 Å². The molecule has 0 spiro atoms. The van der Waals surface area contributed by atoms with Gasteiger partial charge in [0.1, 0.15) is 18.0 Å². The van der Waals surface area contributed by atoms with E-state index in [0.717, 1.165) is 57.8 Å². The van der Waals surface area contributed by atoms with E-state index in [1.54, 1.807) is 12.4 Å². The summed E-state index contributed by atoms with van der Waals surface area (Å²) in [5, 5.41) is 0. The third-order valence-electron chi connectivity index (χ3n) is 5.16. The van der Waals surface area contributed by atoms with Crippen LogP contribution in [0.2, 0.25) is 0 Å². The van der Waals surface area contributed by atoms with E-state index in [9.17, 15) is 0 Å². The van der Waals surface area contributed by atoms with Gasteiger partial charge in [0, 0.05) is 38.0 Å². The van der Waals surface area contributed by atoms with Crippen LogP contribution in [0.1, 0.15) is 25.7 Å². The lowest BCUT2D eigenvalue weighted by atomic mass is 10.0. The lowest BCUT2D eigenvalue weighted by molar-refractivity contribution is -0.111. The molecule has 1 aromatic rings. The highest BCUT2D eigenvalue weighted by Crippen LogP contribution is 2.35. The predicted molar refractivity (Wildman–Crippen MR) is 82.0 cm³/mol. The molecular formula is C17H24N2O3. The van der Waals surface area contributed by atoms with Crippen molar-refractivity contribution in [2.24, 2.45) is 0 Å². The lowest BCUT2D eigenvalue weighted by Gasteiger charge is -2.44. The van der Waals surface area contributed by atoms with Gasteiger partial charge in [0.15, 0.2) is 0 Å². The molecule has 2 aliphatic heterocycles. The Hall–Kier alpha value is -1.17. The van der Waals surface area contributed by atoms with E-state index >= 15 is 0 Å². The first-order valence-electron chi connectivity index (χ1n) is 8.43. The van der Waals surface area contributed by atoms with Crippen molar-refractivity contribution in [1.29, 1.82) is 0 Å². The molecule has 0 bridgehead atoms. The summed E-state index contributed by atoms with van der Waals surface area (Å²) < 4.78 is 17.7. The molecular weight excluding hydrogens is 280 g/mol. The largest absolute Gasteiger partial charge is 0.486 e. The van der Waals surface area contributed by atoms with Crippen LogP contribution in [0.15, 0.2) is 24.5 Å². The van der Waals surface area contributed by atoms with E-state index in [2.05, 4.69) is 9.88 Å². The van der Waals surface area contributed by atoms with Crippen LogP contribution in [-0.2, 0) is 9.47 Å². The Balaban J connectivity index is 1.44. The van der Waals surface area contributed by atoms with Gasteiger partial charge < -0.3 is 14.2 Å². The van der Waals surface area contributed by atoms with Gasteiger partial charge in [-0.1, -0.05) is 0 Å². The minimum Gasteiger partial charge on any atom is -0.486 e. The van der Waals surface area contributed by atoms with Crippen LogP contribution in [0, 0.1) is 0 Å². The van der Waals surface area contributed by atoms with E-state index in [1.165, 1.54) is 0 Å². The van der Waals surface area contributed by atoms with Gasteiger partial charge in [-0.2, -0.15) is 0 Å². The Morgan fingerprint density at radius 2 is 2.05 bits per heavy atom. The Bertz CT molecular complexity index is 478. The standard InChI is InChI=1S/C17H24N2O3/c1-2-14(12-18-7-1)22-16-4-3-15-17(16)21-11-8-19(15)13-5-9-20-10-6-13/h1-2,7,12-13,15-17H,3-6,8-11H2/t15-,16+,17+/m0/s1. The number of rotatable bonds is 3. The molecule has 1 saturated carbocycles. The van der Waals surface area contributed by atoms with Crippen LogP contribution in [0.5, 0.6) is 5.75 Å². The van der Waals surface area contributed by atoms with E-state index in [0.29, 0.717) is 12.1 Å². The van der Waals surface area contributed by atoms with Crippen LogP contribution in [-0.4, -0.2) is 60.5 Å². The smallest absolute Gasteiger partial charge is 0.138 e. The molecule has 0 N–H and O–H groups in total. The molecule has 0 unspecified atom stereocenters. The van der Waals surface area contributed by atoms with Gasteiger partial charge in [0.2, 0.25) is 0 Å². The SMILES string of the molecule is c1cncc(O[C@@H]2CC[C@H]3[C@H]2OCCN3C2CCOCC2)c1. The van der Waals surface area contributed by atoms with Gasteiger partial charge in [-0.05, 0) is 37.8 Å². The summed E-state index contributed by atoms with van der Waals surface area (Å²) in [7, 11) is 0. The van der Waals surface area contributed by atoms with E-state index in [4.69, 9.17) is 14.2 Å². The van der Waals surface area contributed by atoms with Gasteiger partial charge in [-0.25, -0.2) is 0 Å². The maximum atomic E-state index is 6.14. The molecule has 0 amide bonds. The molecule has 4 rings (SSSR count). The topological polar surface area (TPSA) is 43.8 Å². The first kappa shape index (κ1) is 14.4. The van der Waals surface area contributed by atoms with Crippen molar-refractivity contribution >= 4 is 0 Å². The van der Waals surface area contributed by atoms with Crippen molar-refractivity contribution in [3.05, 3.63) is 24.5 Å². The van der Waals surface area contributed by atoms with E-state index in [1.807, 2.05) is 12.1 Å². The second-order valence-electron chi connectivity index (χ2n) is 6.41. The molecule has 120 valence electrons. The Morgan fingerprint density at radius 1 is 1.14 bits per heavy atom. The first-order chi connectivity index (χ1) is 10.9. The van der Waals surface area contributed by atoms with Crippen molar-refractivity contribution in [3.63, 3.8) is 0 Å². The maximum absolute atomic E-state index is 6.14. The second-order valence-corrected chi connectivity index (χ2v) is 6.41. The number of fused-ring (bicyclic) bond motifs is 1. The summed E-state index contributed by atoms with van der Waals surface area (Å²) in [6.45, 7) is 3.65. The van der Waals surface area contributed by atoms with Crippen LogP contribution < -0.4 is 4.74 Å². The van der Waals surface area contributed by atoms with Crippen molar-refractivity contribution in [2.45, 2.75) is 50.0 Å². The van der Waals surface area contributed by atoms with Gasteiger partial charge in [-0.3, -0.25) is 9.88 Å². The molecule has 3 aliphatic rings.